The van der Waals surface area contributed by atoms with Crippen LogP contribution in [0.25, 0.3) is 11.1 Å². The number of aromatic nitrogens is 1. The number of carboxylic acids is 1. The van der Waals surface area contributed by atoms with Gasteiger partial charge in [-0.2, -0.15) is 0 Å². The van der Waals surface area contributed by atoms with E-state index in [-0.39, 0.29) is 16.8 Å². The molecule has 0 radical (unpaired) electrons. The van der Waals surface area contributed by atoms with Crippen LogP contribution in [-0.4, -0.2) is 16.1 Å². The van der Waals surface area contributed by atoms with Gasteiger partial charge < -0.3 is 10.1 Å². The van der Waals surface area contributed by atoms with E-state index in [0.717, 1.165) is 12.1 Å². The van der Waals surface area contributed by atoms with Crippen molar-refractivity contribution in [1.82, 2.24) is 4.98 Å². The third-order valence-corrected chi connectivity index (χ3v) is 2.19. The lowest BCUT2D eigenvalue weighted by Gasteiger charge is -2.03. The first-order valence-electron chi connectivity index (χ1n) is 4.46. The van der Waals surface area contributed by atoms with Crippen molar-refractivity contribution in [2.45, 2.75) is 0 Å². The second-order valence-electron chi connectivity index (χ2n) is 3.17. The number of hydrogen-bond acceptors (Lipinski definition) is 1. The maximum atomic E-state index is 13.4. The maximum absolute atomic E-state index is 13.4. The minimum Gasteiger partial charge on any atom is -0.477 e. The first-order valence-corrected chi connectivity index (χ1v) is 4.46. The van der Waals surface area contributed by atoms with Gasteiger partial charge in [-0.25, -0.2) is 13.6 Å². The third-order valence-electron chi connectivity index (χ3n) is 2.19. The van der Waals surface area contributed by atoms with Crippen LogP contribution in [-0.2, 0) is 0 Å². The third kappa shape index (κ3) is 1.56. The molecule has 16 heavy (non-hydrogen) atoms. The molecule has 0 unspecified atom stereocenters. The number of hydrogen-bond donors (Lipinski definition) is 2. The molecule has 82 valence electrons. The molecule has 0 bridgehead atoms. The highest BCUT2D eigenvalue weighted by atomic mass is 19.1. The maximum Gasteiger partial charge on any atom is 0.352 e. The average molecular weight is 223 g/mol. The summed E-state index contributed by atoms with van der Waals surface area (Å²) in [5, 5.41) is 8.82. The van der Waals surface area contributed by atoms with E-state index in [4.69, 9.17) is 5.11 Å². The Bertz CT molecular complexity index is 528. The number of H-pyrrole nitrogens is 1. The van der Waals surface area contributed by atoms with E-state index < -0.39 is 17.6 Å². The van der Waals surface area contributed by atoms with E-state index in [9.17, 15) is 13.6 Å². The molecule has 0 atom stereocenters. The van der Waals surface area contributed by atoms with Crippen molar-refractivity contribution in [2.24, 2.45) is 0 Å². The van der Waals surface area contributed by atoms with Crippen LogP contribution in [0.15, 0.2) is 30.5 Å². The van der Waals surface area contributed by atoms with Crippen molar-refractivity contribution < 1.29 is 18.7 Å². The fourth-order valence-electron chi connectivity index (χ4n) is 1.51. The molecular weight excluding hydrogens is 216 g/mol. The van der Waals surface area contributed by atoms with Gasteiger partial charge >= 0.3 is 5.97 Å². The summed E-state index contributed by atoms with van der Waals surface area (Å²) in [5.74, 6) is -2.84. The highest BCUT2D eigenvalue weighted by Crippen LogP contribution is 2.28. The van der Waals surface area contributed by atoms with Gasteiger partial charge in [0, 0.05) is 11.8 Å². The summed E-state index contributed by atoms with van der Waals surface area (Å²) in [5.41, 5.74) is -0.562. The van der Waals surface area contributed by atoms with Gasteiger partial charge in [0.05, 0.1) is 5.56 Å². The molecule has 0 saturated carbocycles. The Morgan fingerprint density at radius 2 is 1.81 bits per heavy atom. The summed E-state index contributed by atoms with van der Waals surface area (Å²) < 4.78 is 26.8. The zero-order valence-corrected chi connectivity index (χ0v) is 8.00. The number of halogens is 2. The van der Waals surface area contributed by atoms with E-state index in [0.29, 0.717) is 0 Å². The number of rotatable bonds is 2. The topological polar surface area (TPSA) is 53.1 Å². The molecule has 2 N–H and O–H groups in total. The van der Waals surface area contributed by atoms with Crippen LogP contribution in [0.5, 0.6) is 0 Å². The van der Waals surface area contributed by atoms with Gasteiger partial charge in [0.15, 0.2) is 0 Å². The van der Waals surface area contributed by atoms with Crippen LogP contribution in [0.4, 0.5) is 8.78 Å². The first kappa shape index (κ1) is 10.4. The van der Waals surface area contributed by atoms with E-state index >= 15 is 0 Å². The van der Waals surface area contributed by atoms with Crippen molar-refractivity contribution in [1.29, 1.82) is 0 Å². The van der Waals surface area contributed by atoms with E-state index in [1.54, 1.807) is 0 Å². The van der Waals surface area contributed by atoms with Crippen molar-refractivity contribution in [3.05, 3.63) is 47.8 Å². The van der Waals surface area contributed by atoms with Crippen molar-refractivity contribution >= 4 is 5.97 Å². The zero-order valence-electron chi connectivity index (χ0n) is 8.00. The standard InChI is InChI=1S/C11H7F2NO2/c12-7-2-1-3-8(13)9(7)6-4-5-14-10(6)11(15)16/h1-5,14H,(H,15,16). The number of aromatic carboxylic acids is 1. The van der Waals surface area contributed by atoms with E-state index in [1.165, 1.54) is 18.3 Å². The van der Waals surface area contributed by atoms with Gasteiger partial charge in [0.2, 0.25) is 0 Å². The minimum absolute atomic E-state index is 0.00287. The van der Waals surface area contributed by atoms with Crippen LogP contribution >= 0.6 is 0 Å². The summed E-state index contributed by atoms with van der Waals surface area (Å²) in [4.78, 5) is 13.2. The molecule has 5 heteroatoms. The second kappa shape index (κ2) is 3.77. The SMILES string of the molecule is O=C(O)c1[nH]ccc1-c1c(F)cccc1F. The summed E-state index contributed by atoms with van der Waals surface area (Å²) in [6.45, 7) is 0. The van der Waals surface area contributed by atoms with Crippen LogP contribution in [0.1, 0.15) is 10.5 Å². The number of carbonyl (C=O) groups is 1. The highest BCUT2D eigenvalue weighted by molar-refractivity contribution is 5.94. The van der Waals surface area contributed by atoms with E-state index in [1.807, 2.05) is 0 Å². The molecule has 1 aromatic heterocycles. The first-order chi connectivity index (χ1) is 7.61. The lowest BCUT2D eigenvalue weighted by molar-refractivity contribution is 0.0692. The van der Waals surface area contributed by atoms with Gasteiger partial charge in [-0.3, -0.25) is 0 Å². The quantitative estimate of drug-likeness (QED) is 0.822. The summed E-state index contributed by atoms with van der Waals surface area (Å²) in [7, 11) is 0. The smallest absolute Gasteiger partial charge is 0.352 e. The lowest BCUT2D eigenvalue weighted by atomic mass is 10.0. The Hall–Kier alpha value is -2.17. The molecule has 2 rings (SSSR count). The van der Waals surface area contributed by atoms with E-state index in [2.05, 4.69) is 4.98 Å². The van der Waals surface area contributed by atoms with Crippen molar-refractivity contribution in [2.75, 3.05) is 0 Å². The minimum atomic E-state index is -1.26. The Kier molecular flexibility index (Phi) is 2.44. The Morgan fingerprint density at radius 1 is 1.19 bits per heavy atom. The molecule has 0 fully saturated rings. The fourth-order valence-corrected chi connectivity index (χ4v) is 1.51. The number of aromatic amines is 1. The molecule has 1 aromatic carbocycles. The summed E-state index contributed by atoms with van der Waals surface area (Å²) >= 11 is 0. The second-order valence-corrected chi connectivity index (χ2v) is 3.17. The molecule has 1 heterocycles. The molecule has 0 spiro atoms. The monoisotopic (exact) mass is 223 g/mol. The van der Waals surface area contributed by atoms with Crippen LogP contribution in [0.2, 0.25) is 0 Å². The molecule has 0 aliphatic rings. The predicted octanol–water partition coefficient (Wildman–Crippen LogP) is 2.66. The highest BCUT2D eigenvalue weighted by Gasteiger charge is 2.18. The molecule has 3 nitrogen and oxygen atoms in total. The predicted molar refractivity (Wildman–Crippen MR) is 53.1 cm³/mol. The van der Waals surface area contributed by atoms with Crippen LogP contribution in [0.3, 0.4) is 0 Å². The van der Waals surface area contributed by atoms with Gasteiger partial charge in [-0.05, 0) is 18.2 Å². The normalized spacial score (nSPS) is 10.4. The van der Waals surface area contributed by atoms with Gasteiger partial charge in [0.1, 0.15) is 17.3 Å². The Balaban J connectivity index is 2.68. The average Bonchev–Trinajstić information content (AvgIpc) is 2.66. The molecule has 0 aliphatic carbocycles. The molecule has 0 saturated heterocycles. The van der Waals surface area contributed by atoms with Gasteiger partial charge in [0.25, 0.3) is 0 Å². The Morgan fingerprint density at radius 3 is 2.38 bits per heavy atom. The van der Waals surface area contributed by atoms with Crippen molar-refractivity contribution in [3.8, 4) is 11.1 Å². The lowest BCUT2D eigenvalue weighted by Crippen LogP contribution is -2.00. The van der Waals surface area contributed by atoms with Gasteiger partial charge in [-0.1, -0.05) is 6.07 Å². The zero-order chi connectivity index (χ0) is 11.7. The number of benzene rings is 1. The molecule has 2 aromatic rings. The molecule has 0 amide bonds. The summed E-state index contributed by atoms with van der Waals surface area (Å²) in [6.07, 6.45) is 1.32. The largest absolute Gasteiger partial charge is 0.477 e. The number of nitrogens with one attached hydrogen (secondary N) is 1. The van der Waals surface area contributed by atoms with Crippen molar-refractivity contribution in [3.63, 3.8) is 0 Å². The van der Waals surface area contributed by atoms with Crippen LogP contribution < -0.4 is 0 Å². The van der Waals surface area contributed by atoms with Gasteiger partial charge in [-0.15, -0.1) is 0 Å². The molecule has 0 aliphatic heterocycles. The fraction of sp³-hybridized carbons (Fsp3) is 0. The van der Waals surface area contributed by atoms with Crippen LogP contribution in [0, 0.1) is 11.6 Å². The molecular formula is C11H7F2NO2. The Labute approximate surface area is 89.3 Å². The summed E-state index contributed by atoms with van der Waals surface area (Å²) in [6, 6.07) is 4.71. The number of carboxylic acid groups (broad SMARTS) is 1.